The number of carbonyl (C=O) groups excluding carboxylic acids is 1. The van der Waals surface area contributed by atoms with Crippen LogP contribution in [0.2, 0.25) is 0 Å². The van der Waals surface area contributed by atoms with Crippen molar-refractivity contribution in [3.63, 3.8) is 0 Å². The van der Waals surface area contributed by atoms with E-state index >= 15 is 0 Å². The third kappa shape index (κ3) is 6.54. The Kier molecular flexibility index (Phi) is 8.11. The summed E-state index contributed by atoms with van der Waals surface area (Å²) in [5.74, 6) is -0.326. The minimum absolute atomic E-state index is 0.140. The van der Waals surface area contributed by atoms with Gasteiger partial charge in [0.25, 0.3) is 0 Å². The van der Waals surface area contributed by atoms with Crippen LogP contribution in [0.15, 0.2) is 42.5 Å². The van der Waals surface area contributed by atoms with Crippen molar-refractivity contribution in [2.75, 3.05) is 44.9 Å². The summed E-state index contributed by atoms with van der Waals surface area (Å²) in [6, 6.07) is 13.7. The van der Waals surface area contributed by atoms with E-state index in [0.717, 1.165) is 5.69 Å². The van der Waals surface area contributed by atoms with E-state index in [4.69, 9.17) is 24.2 Å². The van der Waals surface area contributed by atoms with Gasteiger partial charge < -0.3 is 33.9 Å². The van der Waals surface area contributed by atoms with E-state index in [0.29, 0.717) is 44.0 Å². The third-order valence-corrected chi connectivity index (χ3v) is 6.48. The summed E-state index contributed by atoms with van der Waals surface area (Å²) < 4.78 is 36.6. The predicted molar refractivity (Wildman–Crippen MR) is 137 cm³/mol. The summed E-state index contributed by atoms with van der Waals surface area (Å²) in [5, 5.41) is 20.2. The number of methoxy groups -OCH3 is 1. The zero-order valence-electron chi connectivity index (χ0n) is 22.1. The molecule has 2 aromatic rings. The highest BCUT2D eigenvalue weighted by atomic mass is 19.1. The molecule has 4 rings (SSSR count). The van der Waals surface area contributed by atoms with E-state index in [1.54, 1.807) is 41.3 Å². The average molecular weight is 528 g/mol. The second kappa shape index (κ2) is 11.2. The first-order valence-electron chi connectivity index (χ1n) is 12.5. The number of nitrogens with zero attached hydrogens (tertiary/aromatic N) is 3. The third-order valence-electron chi connectivity index (χ3n) is 6.48. The van der Waals surface area contributed by atoms with Crippen molar-refractivity contribution in [2.45, 2.75) is 45.3 Å². The lowest BCUT2D eigenvalue weighted by Gasteiger charge is -2.52. The number of hydrogen-bond acceptors (Lipinski definition) is 8. The average Bonchev–Trinajstić information content (AvgIpc) is 2.86. The summed E-state index contributed by atoms with van der Waals surface area (Å²) in [6.07, 6.45) is -2.23. The van der Waals surface area contributed by atoms with Crippen molar-refractivity contribution >= 4 is 11.8 Å². The molecule has 204 valence electrons. The van der Waals surface area contributed by atoms with Gasteiger partial charge in [-0.15, -0.1) is 0 Å². The zero-order chi connectivity index (χ0) is 27.5. The standard InChI is InChI=1S/C28H34FN3O6/c1-27(2,3)38-26(34)32-15-28(16-32)17-36-25(37-18-28)23(33)14-31(21-8-5-19(12-30)6-9-21)13-20-7-10-24(35-4)22(29)11-20/h5-11,23,25,33H,13-18H2,1-4H3/t23-/m0/s1. The number of aliphatic hydroxyl groups excluding tert-OH is 1. The maximum absolute atomic E-state index is 14.3. The number of halogens is 1. The Balaban J connectivity index is 1.38. The van der Waals surface area contributed by atoms with Crippen LogP contribution < -0.4 is 9.64 Å². The Bertz CT molecular complexity index is 1160. The molecule has 2 saturated heterocycles. The smallest absolute Gasteiger partial charge is 0.410 e. The summed E-state index contributed by atoms with van der Waals surface area (Å²) in [6.45, 7) is 7.52. The fourth-order valence-electron chi connectivity index (χ4n) is 4.58. The number of anilines is 1. The molecule has 0 unspecified atom stereocenters. The quantitative estimate of drug-likeness (QED) is 0.582. The van der Waals surface area contributed by atoms with Crippen LogP contribution in [0.4, 0.5) is 14.9 Å². The second-order valence-corrected chi connectivity index (χ2v) is 10.9. The molecular formula is C28H34FN3O6. The molecule has 2 aliphatic heterocycles. The van der Waals surface area contributed by atoms with Crippen LogP contribution in [-0.4, -0.2) is 74.1 Å². The molecule has 9 nitrogen and oxygen atoms in total. The molecular weight excluding hydrogens is 493 g/mol. The normalized spacial score (nSPS) is 17.9. The van der Waals surface area contributed by atoms with Gasteiger partial charge in [-0.2, -0.15) is 5.26 Å². The molecule has 2 aromatic carbocycles. The van der Waals surface area contributed by atoms with Gasteiger partial charge in [0, 0.05) is 31.9 Å². The lowest BCUT2D eigenvalue weighted by atomic mass is 9.81. The maximum atomic E-state index is 14.3. The molecule has 10 heteroatoms. The number of hydrogen-bond donors (Lipinski definition) is 1. The van der Waals surface area contributed by atoms with Crippen LogP contribution in [0.5, 0.6) is 5.75 Å². The van der Waals surface area contributed by atoms with Crippen molar-refractivity contribution in [3.8, 4) is 11.8 Å². The molecule has 0 aliphatic carbocycles. The monoisotopic (exact) mass is 527 g/mol. The number of ether oxygens (including phenoxy) is 4. The molecule has 2 heterocycles. The van der Waals surface area contributed by atoms with Gasteiger partial charge in [-0.1, -0.05) is 6.07 Å². The van der Waals surface area contributed by atoms with Gasteiger partial charge in [0.1, 0.15) is 11.7 Å². The summed E-state index contributed by atoms with van der Waals surface area (Å²) >= 11 is 0. The fraction of sp³-hybridized carbons (Fsp3) is 0.500. The van der Waals surface area contributed by atoms with Gasteiger partial charge >= 0.3 is 6.09 Å². The number of rotatable bonds is 7. The SMILES string of the molecule is COc1ccc(CN(C[C@H](O)C2OCC3(CO2)CN(C(=O)OC(C)(C)C)C3)c2ccc(C#N)cc2)cc1F. The summed E-state index contributed by atoms with van der Waals surface area (Å²) in [5.41, 5.74) is 1.06. The first-order valence-corrected chi connectivity index (χ1v) is 12.5. The predicted octanol–water partition coefficient (Wildman–Crippen LogP) is 3.68. The van der Waals surface area contributed by atoms with Crippen molar-refractivity contribution < 1.29 is 33.2 Å². The molecule has 1 N–H and O–H groups in total. The Morgan fingerprint density at radius 3 is 2.45 bits per heavy atom. The Morgan fingerprint density at radius 2 is 1.89 bits per heavy atom. The van der Waals surface area contributed by atoms with Gasteiger partial charge in [0.05, 0.1) is 37.4 Å². The highest BCUT2D eigenvalue weighted by Crippen LogP contribution is 2.36. The van der Waals surface area contributed by atoms with E-state index in [1.165, 1.54) is 13.2 Å². The number of carbonyl (C=O) groups is 1. The van der Waals surface area contributed by atoms with Crippen molar-refractivity contribution in [1.82, 2.24) is 4.90 Å². The minimum atomic E-state index is -1.01. The summed E-state index contributed by atoms with van der Waals surface area (Å²) in [7, 11) is 1.41. The first-order chi connectivity index (χ1) is 18.0. The molecule has 0 radical (unpaired) electrons. The van der Waals surface area contributed by atoms with Gasteiger partial charge in [-0.3, -0.25) is 0 Å². The first kappa shape index (κ1) is 27.6. The van der Waals surface area contributed by atoms with Crippen LogP contribution >= 0.6 is 0 Å². The zero-order valence-corrected chi connectivity index (χ0v) is 22.1. The van der Waals surface area contributed by atoms with Crippen LogP contribution in [0.25, 0.3) is 0 Å². The number of aliphatic hydroxyl groups is 1. The molecule has 2 fully saturated rings. The molecule has 1 atom stereocenters. The fourth-order valence-corrected chi connectivity index (χ4v) is 4.58. The van der Waals surface area contributed by atoms with E-state index in [1.807, 2.05) is 25.7 Å². The van der Waals surface area contributed by atoms with E-state index in [-0.39, 0.29) is 23.8 Å². The second-order valence-electron chi connectivity index (χ2n) is 10.9. The lowest BCUT2D eigenvalue weighted by Crippen LogP contribution is -2.66. The number of nitriles is 1. The number of likely N-dealkylation sites (tertiary alicyclic amines) is 1. The van der Waals surface area contributed by atoms with Gasteiger partial charge in [0.2, 0.25) is 0 Å². The van der Waals surface area contributed by atoms with Crippen LogP contribution in [0, 0.1) is 22.6 Å². The Labute approximate surface area is 222 Å². The van der Waals surface area contributed by atoms with Crippen molar-refractivity contribution in [3.05, 3.63) is 59.4 Å². The van der Waals surface area contributed by atoms with Crippen LogP contribution in [-0.2, 0) is 20.8 Å². The Hall–Kier alpha value is -3.39. The molecule has 0 bridgehead atoms. The topological polar surface area (TPSA) is 104 Å². The lowest BCUT2D eigenvalue weighted by molar-refractivity contribution is -0.279. The molecule has 1 spiro atoms. The van der Waals surface area contributed by atoms with Crippen LogP contribution in [0.1, 0.15) is 31.9 Å². The summed E-state index contributed by atoms with van der Waals surface area (Å²) in [4.78, 5) is 15.8. The molecule has 2 aliphatic rings. The highest BCUT2D eigenvalue weighted by Gasteiger charge is 2.50. The molecule has 0 aromatic heterocycles. The van der Waals surface area contributed by atoms with Gasteiger partial charge in [-0.05, 0) is 62.7 Å². The largest absolute Gasteiger partial charge is 0.494 e. The van der Waals surface area contributed by atoms with Gasteiger partial charge in [0.15, 0.2) is 17.9 Å². The minimum Gasteiger partial charge on any atom is -0.494 e. The highest BCUT2D eigenvalue weighted by molar-refractivity contribution is 5.69. The number of amides is 1. The van der Waals surface area contributed by atoms with Gasteiger partial charge in [-0.25, -0.2) is 9.18 Å². The van der Waals surface area contributed by atoms with E-state index in [2.05, 4.69) is 6.07 Å². The van der Waals surface area contributed by atoms with Crippen molar-refractivity contribution in [2.24, 2.45) is 5.41 Å². The van der Waals surface area contributed by atoms with Crippen LogP contribution in [0.3, 0.4) is 0 Å². The molecule has 1 amide bonds. The molecule has 0 saturated carbocycles. The van der Waals surface area contributed by atoms with Crippen molar-refractivity contribution in [1.29, 1.82) is 5.26 Å². The number of benzene rings is 2. The van der Waals surface area contributed by atoms with E-state index in [9.17, 15) is 14.3 Å². The Morgan fingerprint density at radius 1 is 1.24 bits per heavy atom. The maximum Gasteiger partial charge on any atom is 0.410 e. The molecule has 38 heavy (non-hydrogen) atoms. The van der Waals surface area contributed by atoms with E-state index < -0.39 is 23.8 Å².